The van der Waals surface area contributed by atoms with Gasteiger partial charge in [-0.05, 0) is 30.7 Å². The standard InChI is InChI=1S/C21H29N3O3/c1-16(2)12-13-24(15-22)20(25)18-10-6-7-11-19(18)23-21(26)27-14-17-8-4-3-5-9-17/h3-5,8-9,16,18-19H,6-7,10-14H2,1-2H3,(H,23,26). The van der Waals surface area contributed by atoms with E-state index in [-0.39, 0.29) is 24.5 Å². The maximum Gasteiger partial charge on any atom is 0.407 e. The highest BCUT2D eigenvalue weighted by Gasteiger charge is 2.35. The summed E-state index contributed by atoms with van der Waals surface area (Å²) in [4.78, 5) is 26.3. The number of amides is 2. The van der Waals surface area contributed by atoms with Crippen LogP contribution in [0.25, 0.3) is 0 Å². The molecule has 1 N–H and O–H groups in total. The number of nitriles is 1. The molecule has 0 heterocycles. The van der Waals surface area contributed by atoms with E-state index < -0.39 is 6.09 Å². The summed E-state index contributed by atoms with van der Waals surface area (Å²) in [6.45, 7) is 4.74. The summed E-state index contributed by atoms with van der Waals surface area (Å²) in [5.41, 5.74) is 0.910. The quantitative estimate of drug-likeness (QED) is 0.583. The Kier molecular flexibility index (Phi) is 8.12. The van der Waals surface area contributed by atoms with Crippen LogP contribution in [0.1, 0.15) is 51.5 Å². The predicted octanol–water partition coefficient (Wildman–Crippen LogP) is 3.83. The van der Waals surface area contributed by atoms with Crippen LogP contribution in [0.3, 0.4) is 0 Å². The molecule has 146 valence electrons. The number of carbonyl (C=O) groups is 2. The van der Waals surface area contributed by atoms with Gasteiger partial charge in [0.25, 0.3) is 0 Å². The van der Waals surface area contributed by atoms with Crippen LogP contribution in [-0.2, 0) is 16.1 Å². The summed E-state index contributed by atoms with van der Waals surface area (Å²) in [5, 5.41) is 12.2. The van der Waals surface area contributed by atoms with Crippen LogP contribution < -0.4 is 5.32 Å². The molecule has 2 atom stereocenters. The van der Waals surface area contributed by atoms with Gasteiger partial charge in [0.1, 0.15) is 6.61 Å². The normalized spacial score (nSPS) is 19.2. The molecule has 1 saturated carbocycles. The first-order valence-corrected chi connectivity index (χ1v) is 9.69. The molecule has 0 aliphatic heterocycles. The molecule has 0 saturated heterocycles. The molecular formula is C21H29N3O3. The molecule has 1 aromatic rings. The fourth-order valence-corrected chi connectivity index (χ4v) is 3.31. The van der Waals surface area contributed by atoms with E-state index in [0.29, 0.717) is 18.9 Å². The Bertz CT molecular complexity index is 654. The first kappa shape index (κ1) is 20.8. The number of carbonyl (C=O) groups excluding carboxylic acids is 2. The molecule has 6 nitrogen and oxygen atoms in total. The van der Waals surface area contributed by atoms with Crippen molar-refractivity contribution in [3.05, 3.63) is 35.9 Å². The molecule has 1 aromatic carbocycles. The number of hydrogen-bond acceptors (Lipinski definition) is 4. The van der Waals surface area contributed by atoms with Crippen LogP contribution in [0.15, 0.2) is 30.3 Å². The number of rotatable bonds is 7. The lowest BCUT2D eigenvalue weighted by atomic mass is 9.83. The Balaban J connectivity index is 1.92. The van der Waals surface area contributed by atoms with Gasteiger partial charge < -0.3 is 10.1 Å². The Morgan fingerprint density at radius 2 is 1.96 bits per heavy atom. The van der Waals surface area contributed by atoms with Gasteiger partial charge in [0, 0.05) is 12.6 Å². The lowest BCUT2D eigenvalue weighted by molar-refractivity contribution is -0.134. The molecule has 27 heavy (non-hydrogen) atoms. The van der Waals surface area contributed by atoms with Gasteiger partial charge >= 0.3 is 6.09 Å². The molecule has 6 heteroatoms. The zero-order valence-electron chi connectivity index (χ0n) is 16.2. The fourth-order valence-electron chi connectivity index (χ4n) is 3.31. The third kappa shape index (κ3) is 6.59. The number of nitrogens with zero attached hydrogens (tertiary/aromatic N) is 2. The van der Waals surface area contributed by atoms with Crippen molar-refractivity contribution in [3.63, 3.8) is 0 Å². The Labute approximate surface area is 161 Å². The summed E-state index contributed by atoms with van der Waals surface area (Å²) < 4.78 is 5.28. The van der Waals surface area contributed by atoms with Gasteiger partial charge in [-0.1, -0.05) is 57.0 Å². The van der Waals surface area contributed by atoms with Crippen LogP contribution in [0.4, 0.5) is 4.79 Å². The molecule has 0 spiro atoms. The maximum atomic E-state index is 12.8. The van der Waals surface area contributed by atoms with E-state index in [1.165, 1.54) is 4.90 Å². The third-order valence-corrected chi connectivity index (χ3v) is 4.92. The number of hydrogen-bond donors (Lipinski definition) is 1. The van der Waals surface area contributed by atoms with Gasteiger partial charge in [-0.3, -0.25) is 4.79 Å². The van der Waals surface area contributed by atoms with E-state index in [4.69, 9.17) is 4.74 Å². The van der Waals surface area contributed by atoms with Gasteiger partial charge in [-0.2, -0.15) is 5.26 Å². The second kappa shape index (κ2) is 10.6. The SMILES string of the molecule is CC(C)CCN(C#N)C(=O)C1CCCCC1NC(=O)OCc1ccccc1. The molecule has 0 aromatic heterocycles. The molecule has 2 rings (SSSR count). The largest absolute Gasteiger partial charge is 0.445 e. The highest BCUT2D eigenvalue weighted by Crippen LogP contribution is 2.26. The van der Waals surface area contributed by atoms with Crippen molar-refractivity contribution in [2.45, 2.75) is 58.6 Å². The van der Waals surface area contributed by atoms with Crippen molar-refractivity contribution in [1.82, 2.24) is 10.2 Å². The molecule has 1 aliphatic rings. The molecule has 0 bridgehead atoms. The molecule has 2 amide bonds. The second-order valence-electron chi connectivity index (χ2n) is 7.48. The van der Waals surface area contributed by atoms with Gasteiger partial charge in [0.15, 0.2) is 6.19 Å². The van der Waals surface area contributed by atoms with Crippen molar-refractivity contribution in [2.75, 3.05) is 6.54 Å². The fraction of sp³-hybridized carbons (Fsp3) is 0.571. The first-order valence-electron chi connectivity index (χ1n) is 9.69. The lowest BCUT2D eigenvalue weighted by Crippen LogP contribution is -2.49. The van der Waals surface area contributed by atoms with Gasteiger partial charge in [-0.25, -0.2) is 9.69 Å². The third-order valence-electron chi connectivity index (χ3n) is 4.92. The average Bonchev–Trinajstić information content (AvgIpc) is 2.67. The second-order valence-corrected chi connectivity index (χ2v) is 7.48. The Morgan fingerprint density at radius 1 is 1.26 bits per heavy atom. The smallest absolute Gasteiger partial charge is 0.407 e. The monoisotopic (exact) mass is 371 g/mol. The van der Waals surface area contributed by atoms with Crippen molar-refractivity contribution in [1.29, 1.82) is 5.26 Å². The zero-order chi connectivity index (χ0) is 19.6. The topological polar surface area (TPSA) is 82.4 Å². The van der Waals surface area contributed by atoms with Crippen molar-refractivity contribution >= 4 is 12.0 Å². The first-order chi connectivity index (χ1) is 13.0. The summed E-state index contributed by atoms with van der Waals surface area (Å²) in [7, 11) is 0. The molecule has 1 fully saturated rings. The van der Waals surface area contributed by atoms with E-state index in [1.807, 2.05) is 36.5 Å². The minimum absolute atomic E-state index is 0.189. The van der Waals surface area contributed by atoms with E-state index in [9.17, 15) is 14.9 Å². The van der Waals surface area contributed by atoms with Gasteiger partial charge in [0.2, 0.25) is 5.91 Å². The van der Waals surface area contributed by atoms with Gasteiger partial charge in [-0.15, -0.1) is 0 Å². The number of benzene rings is 1. The van der Waals surface area contributed by atoms with Crippen LogP contribution in [0.2, 0.25) is 0 Å². The van der Waals surface area contributed by atoms with E-state index in [1.54, 1.807) is 0 Å². The molecule has 1 aliphatic carbocycles. The zero-order valence-corrected chi connectivity index (χ0v) is 16.2. The molecular weight excluding hydrogens is 342 g/mol. The lowest BCUT2D eigenvalue weighted by Gasteiger charge is -2.32. The highest BCUT2D eigenvalue weighted by atomic mass is 16.5. The van der Waals surface area contributed by atoms with Crippen LogP contribution >= 0.6 is 0 Å². The predicted molar refractivity (Wildman–Crippen MR) is 102 cm³/mol. The molecule has 2 unspecified atom stereocenters. The molecule has 0 radical (unpaired) electrons. The van der Waals surface area contributed by atoms with Crippen LogP contribution in [0, 0.1) is 23.3 Å². The van der Waals surface area contributed by atoms with Crippen LogP contribution in [0.5, 0.6) is 0 Å². The average molecular weight is 371 g/mol. The maximum absolute atomic E-state index is 12.8. The summed E-state index contributed by atoms with van der Waals surface area (Å²) >= 11 is 0. The van der Waals surface area contributed by atoms with Gasteiger partial charge in [0.05, 0.1) is 5.92 Å². The summed E-state index contributed by atoms with van der Waals surface area (Å²) in [5.74, 6) is -0.136. The highest BCUT2D eigenvalue weighted by molar-refractivity contribution is 5.82. The van der Waals surface area contributed by atoms with E-state index in [2.05, 4.69) is 19.2 Å². The number of alkyl carbamates (subject to hydrolysis) is 1. The minimum atomic E-state index is -0.519. The number of nitrogens with one attached hydrogen (secondary N) is 1. The minimum Gasteiger partial charge on any atom is -0.445 e. The van der Waals surface area contributed by atoms with E-state index in [0.717, 1.165) is 31.2 Å². The summed E-state index contributed by atoms with van der Waals surface area (Å²) in [6, 6.07) is 9.17. The summed E-state index contributed by atoms with van der Waals surface area (Å²) in [6.07, 6.45) is 5.56. The Hall–Kier alpha value is -2.55. The Morgan fingerprint density at radius 3 is 2.63 bits per heavy atom. The van der Waals surface area contributed by atoms with Crippen LogP contribution in [-0.4, -0.2) is 29.5 Å². The van der Waals surface area contributed by atoms with Crippen molar-refractivity contribution in [2.24, 2.45) is 11.8 Å². The van der Waals surface area contributed by atoms with Crippen molar-refractivity contribution < 1.29 is 14.3 Å². The van der Waals surface area contributed by atoms with Crippen molar-refractivity contribution in [3.8, 4) is 6.19 Å². The van der Waals surface area contributed by atoms with E-state index >= 15 is 0 Å². The number of ether oxygens (including phenoxy) is 1.